The summed E-state index contributed by atoms with van der Waals surface area (Å²) in [5, 5.41) is 2.95. The van der Waals surface area contributed by atoms with Crippen LogP contribution in [-0.2, 0) is 24.1 Å². The third-order valence-corrected chi connectivity index (χ3v) is 5.36. The minimum atomic E-state index is -2.90. The predicted molar refractivity (Wildman–Crippen MR) is 69.6 cm³/mol. The summed E-state index contributed by atoms with van der Waals surface area (Å²) in [6, 6.07) is -0.111. The van der Waals surface area contributed by atoms with Crippen molar-refractivity contribution in [1.29, 1.82) is 0 Å². The summed E-state index contributed by atoms with van der Waals surface area (Å²) in [6.45, 7) is 2.00. The minimum absolute atomic E-state index is 0.0867. The van der Waals surface area contributed by atoms with Crippen LogP contribution >= 0.6 is 0 Å². The monoisotopic (exact) mass is 291 g/mol. The summed E-state index contributed by atoms with van der Waals surface area (Å²) >= 11 is 0. The molecule has 2 saturated heterocycles. The molecule has 0 bridgehead atoms. The standard InChI is InChI=1S/C12H21NO5S/c14-12(18-8-10-1-4-17-5-2-10)7-13-11-3-6-19(15,16)9-11/h10-11,13H,1-9H2. The van der Waals surface area contributed by atoms with Crippen molar-refractivity contribution in [2.24, 2.45) is 5.92 Å². The Bertz CT molecular complexity index is 402. The Labute approximate surface area is 113 Å². The van der Waals surface area contributed by atoms with Crippen molar-refractivity contribution in [3.63, 3.8) is 0 Å². The van der Waals surface area contributed by atoms with Gasteiger partial charge in [-0.1, -0.05) is 0 Å². The summed E-state index contributed by atoms with van der Waals surface area (Å²) in [5.74, 6) is 0.419. The number of hydrogen-bond donors (Lipinski definition) is 1. The molecule has 2 aliphatic heterocycles. The lowest BCUT2D eigenvalue weighted by molar-refractivity contribution is -0.145. The van der Waals surface area contributed by atoms with E-state index in [2.05, 4.69) is 5.32 Å². The maximum atomic E-state index is 11.5. The number of carbonyl (C=O) groups excluding carboxylic acids is 1. The Morgan fingerprint density at radius 2 is 2.00 bits per heavy atom. The highest BCUT2D eigenvalue weighted by Crippen LogP contribution is 2.15. The summed E-state index contributed by atoms with van der Waals surface area (Å²) < 4.78 is 32.9. The van der Waals surface area contributed by atoms with Crippen LogP contribution in [0, 0.1) is 5.92 Å². The van der Waals surface area contributed by atoms with Crippen LogP contribution in [0.25, 0.3) is 0 Å². The summed E-state index contributed by atoms with van der Waals surface area (Å²) in [7, 11) is -2.90. The molecule has 1 atom stereocenters. The molecule has 110 valence electrons. The molecular formula is C12H21NO5S. The van der Waals surface area contributed by atoms with Crippen molar-refractivity contribution < 1.29 is 22.7 Å². The minimum Gasteiger partial charge on any atom is -0.464 e. The smallest absolute Gasteiger partial charge is 0.319 e. The lowest BCUT2D eigenvalue weighted by Crippen LogP contribution is -2.36. The van der Waals surface area contributed by atoms with Gasteiger partial charge in [-0.2, -0.15) is 0 Å². The molecule has 0 aromatic heterocycles. The highest BCUT2D eigenvalue weighted by atomic mass is 32.2. The van der Waals surface area contributed by atoms with Gasteiger partial charge < -0.3 is 14.8 Å². The first kappa shape index (κ1) is 14.7. The van der Waals surface area contributed by atoms with E-state index in [1.54, 1.807) is 0 Å². The van der Waals surface area contributed by atoms with Crippen LogP contribution in [0.3, 0.4) is 0 Å². The van der Waals surface area contributed by atoms with Gasteiger partial charge in [0.1, 0.15) is 0 Å². The molecule has 2 fully saturated rings. The first-order chi connectivity index (χ1) is 9.05. The molecule has 0 aromatic carbocycles. The van der Waals surface area contributed by atoms with Crippen LogP contribution in [-0.4, -0.2) is 58.3 Å². The molecule has 19 heavy (non-hydrogen) atoms. The maximum absolute atomic E-state index is 11.5. The normalized spacial score (nSPS) is 27.3. The number of hydrogen-bond acceptors (Lipinski definition) is 6. The summed E-state index contributed by atoms with van der Waals surface area (Å²) in [6.07, 6.45) is 2.44. The number of sulfone groups is 1. The van der Waals surface area contributed by atoms with Gasteiger partial charge in [0, 0.05) is 19.3 Å². The molecule has 0 radical (unpaired) electrons. The van der Waals surface area contributed by atoms with Gasteiger partial charge in [0.25, 0.3) is 0 Å². The maximum Gasteiger partial charge on any atom is 0.319 e. The van der Waals surface area contributed by atoms with Crippen LogP contribution < -0.4 is 5.32 Å². The molecule has 0 spiro atoms. The molecule has 1 unspecified atom stereocenters. The van der Waals surface area contributed by atoms with Crippen molar-refractivity contribution >= 4 is 15.8 Å². The van der Waals surface area contributed by atoms with Gasteiger partial charge in [-0.15, -0.1) is 0 Å². The number of ether oxygens (including phenoxy) is 2. The van der Waals surface area contributed by atoms with Crippen LogP contribution in [0.1, 0.15) is 19.3 Å². The van der Waals surface area contributed by atoms with Crippen LogP contribution in [0.4, 0.5) is 0 Å². The number of nitrogens with one attached hydrogen (secondary N) is 1. The Morgan fingerprint density at radius 1 is 1.26 bits per heavy atom. The Morgan fingerprint density at radius 3 is 2.63 bits per heavy atom. The number of rotatable bonds is 5. The second kappa shape index (κ2) is 6.67. The molecule has 1 N–H and O–H groups in total. The number of esters is 1. The van der Waals surface area contributed by atoms with E-state index >= 15 is 0 Å². The van der Waals surface area contributed by atoms with E-state index in [4.69, 9.17) is 9.47 Å². The van der Waals surface area contributed by atoms with Crippen LogP contribution in [0.15, 0.2) is 0 Å². The second-order valence-corrected chi connectivity index (χ2v) is 7.45. The summed E-state index contributed by atoms with van der Waals surface area (Å²) in [5.41, 5.74) is 0. The van der Waals surface area contributed by atoms with E-state index in [1.807, 2.05) is 0 Å². The van der Waals surface area contributed by atoms with Crippen molar-refractivity contribution in [3.05, 3.63) is 0 Å². The van der Waals surface area contributed by atoms with Crippen LogP contribution in [0.5, 0.6) is 0 Å². The molecule has 7 heteroatoms. The zero-order chi connectivity index (χ0) is 13.7. The molecule has 2 heterocycles. The van der Waals surface area contributed by atoms with E-state index in [0.29, 0.717) is 18.9 Å². The first-order valence-electron chi connectivity index (χ1n) is 6.72. The molecule has 2 rings (SSSR count). The van der Waals surface area contributed by atoms with E-state index in [-0.39, 0.29) is 30.1 Å². The molecular weight excluding hydrogens is 270 g/mol. The van der Waals surface area contributed by atoms with Gasteiger partial charge in [0.15, 0.2) is 9.84 Å². The molecule has 0 aliphatic carbocycles. The number of carbonyl (C=O) groups is 1. The second-order valence-electron chi connectivity index (χ2n) is 5.22. The van der Waals surface area contributed by atoms with Crippen molar-refractivity contribution in [3.8, 4) is 0 Å². The third kappa shape index (κ3) is 5.08. The molecule has 0 saturated carbocycles. The van der Waals surface area contributed by atoms with Gasteiger partial charge in [0.05, 0.1) is 24.7 Å². The average Bonchev–Trinajstić information content (AvgIpc) is 2.75. The fourth-order valence-corrected chi connectivity index (χ4v) is 4.07. The van der Waals surface area contributed by atoms with Gasteiger partial charge in [-0.3, -0.25) is 4.79 Å². The average molecular weight is 291 g/mol. The van der Waals surface area contributed by atoms with Crippen molar-refractivity contribution in [2.45, 2.75) is 25.3 Å². The largest absolute Gasteiger partial charge is 0.464 e. The van der Waals surface area contributed by atoms with Gasteiger partial charge in [0.2, 0.25) is 0 Å². The van der Waals surface area contributed by atoms with Gasteiger partial charge in [-0.05, 0) is 25.2 Å². The van der Waals surface area contributed by atoms with Crippen molar-refractivity contribution in [1.82, 2.24) is 5.32 Å². The molecule has 6 nitrogen and oxygen atoms in total. The van der Waals surface area contributed by atoms with E-state index in [9.17, 15) is 13.2 Å². The predicted octanol–water partition coefficient (Wildman–Crippen LogP) is -0.267. The van der Waals surface area contributed by atoms with Gasteiger partial charge >= 0.3 is 5.97 Å². The molecule has 0 aromatic rings. The van der Waals surface area contributed by atoms with Crippen LogP contribution in [0.2, 0.25) is 0 Å². The van der Waals surface area contributed by atoms with Crippen molar-refractivity contribution in [2.75, 3.05) is 37.9 Å². The first-order valence-corrected chi connectivity index (χ1v) is 8.54. The fourth-order valence-electron chi connectivity index (χ4n) is 2.36. The zero-order valence-electron chi connectivity index (χ0n) is 11.0. The Hall–Kier alpha value is -0.660. The van der Waals surface area contributed by atoms with Gasteiger partial charge in [-0.25, -0.2) is 8.42 Å². The highest BCUT2D eigenvalue weighted by Gasteiger charge is 2.27. The SMILES string of the molecule is O=C(CNC1CCS(=O)(=O)C1)OCC1CCOCC1. The quantitative estimate of drug-likeness (QED) is 0.702. The van der Waals surface area contributed by atoms with E-state index in [1.165, 1.54) is 0 Å². The molecule has 0 amide bonds. The fraction of sp³-hybridized carbons (Fsp3) is 0.917. The third-order valence-electron chi connectivity index (χ3n) is 3.59. The van der Waals surface area contributed by atoms with E-state index in [0.717, 1.165) is 26.1 Å². The lowest BCUT2D eigenvalue weighted by atomic mass is 10.0. The topological polar surface area (TPSA) is 81.7 Å². The summed E-state index contributed by atoms with van der Waals surface area (Å²) in [4.78, 5) is 11.5. The Kier molecular flexibility index (Phi) is 5.18. The highest BCUT2D eigenvalue weighted by molar-refractivity contribution is 7.91. The lowest BCUT2D eigenvalue weighted by Gasteiger charge is -2.21. The Balaban J connectivity index is 1.59. The zero-order valence-corrected chi connectivity index (χ0v) is 11.8. The molecule has 2 aliphatic rings. The van der Waals surface area contributed by atoms with E-state index < -0.39 is 9.84 Å².